The van der Waals surface area contributed by atoms with Crippen LogP contribution in [0.25, 0.3) is 16.6 Å². The Labute approximate surface area is 213 Å². The molecule has 0 saturated carbocycles. The van der Waals surface area contributed by atoms with Crippen LogP contribution >= 0.6 is 11.8 Å². The van der Waals surface area contributed by atoms with Crippen molar-refractivity contribution < 1.29 is 9.53 Å². The van der Waals surface area contributed by atoms with E-state index in [1.807, 2.05) is 62.2 Å². The zero-order valence-electron chi connectivity index (χ0n) is 20.5. The Morgan fingerprint density at radius 2 is 1.94 bits per heavy atom. The van der Waals surface area contributed by atoms with E-state index < -0.39 is 5.60 Å². The Morgan fingerprint density at radius 1 is 1.14 bits per heavy atom. The van der Waals surface area contributed by atoms with Crippen molar-refractivity contribution in [2.75, 3.05) is 13.1 Å². The lowest BCUT2D eigenvalue weighted by molar-refractivity contribution is 0.0185. The highest BCUT2D eigenvalue weighted by molar-refractivity contribution is 7.99. The van der Waals surface area contributed by atoms with Gasteiger partial charge in [0.05, 0.1) is 29.5 Å². The van der Waals surface area contributed by atoms with Crippen LogP contribution in [-0.4, -0.2) is 54.1 Å². The van der Waals surface area contributed by atoms with Crippen molar-refractivity contribution in [3.05, 3.63) is 60.8 Å². The highest BCUT2D eigenvalue weighted by Crippen LogP contribution is 2.35. The number of fused-ring (bicyclic) bond motifs is 1. The fourth-order valence-corrected chi connectivity index (χ4v) is 5.22. The van der Waals surface area contributed by atoms with Gasteiger partial charge in [0.25, 0.3) is 0 Å². The smallest absolute Gasteiger partial charge is 0.410 e. The zero-order valence-corrected chi connectivity index (χ0v) is 21.3. The van der Waals surface area contributed by atoms with Gasteiger partial charge in [-0.1, -0.05) is 17.8 Å². The molecule has 0 N–H and O–H groups in total. The molecule has 0 spiro atoms. The molecule has 9 nitrogen and oxygen atoms in total. The summed E-state index contributed by atoms with van der Waals surface area (Å²) in [5, 5.41) is 19.5. The van der Waals surface area contributed by atoms with Crippen LogP contribution < -0.4 is 0 Å². The molecule has 0 bridgehead atoms. The molecule has 1 saturated heterocycles. The Balaban J connectivity index is 1.37. The number of carbonyl (C=O) groups is 1. The average molecular weight is 502 g/mol. The number of hydrogen-bond donors (Lipinski definition) is 0. The molecule has 36 heavy (non-hydrogen) atoms. The number of amides is 1. The van der Waals surface area contributed by atoms with E-state index in [0.29, 0.717) is 18.7 Å². The number of hydrogen-bond acceptors (Lipinski definition) is 7. The molecule has 0 aliphatic carbocycles. The van der Waals surface area contributed by atoms with E-state index >= 15 is 0 Å². The van der Waals surface area contributed by atoms with Crippen LogP contribution in [0.2, 0.25) is 0 Å². The maximum Gasteiger partial charge on any atom is 0.410 e. The van der Waals surface area contributed by atoms with Crippen LogP contribution in [0, 0.1) is 11.3 Å². The van der Waals surface area contributed by atoms with Crippen molar-refractivity contribution in [1.29, 1.82) is 5.26 Å². The van der Waals surface area contributed by atoms with E-state index in [1.165, 1.54) is 11.8 Å². The van der Waals surface area contributed by atoms with E-state index in [-0.39, 0.29) is 12.1 Å². The average Bonchev–Trinajstić information content (AvgIpc) is 3.51. The SMILES string of the molecule is CC(C)(C)OC(=O)N1CCC(n2cc(-c3cc(Sc4ccccn4)c4c(C#N)cnn4c3)cn2)CC1. The summed E-state index contributed by atoms with van der Waals surface area (Å²) >= 11 is 1.50. The highest BCUT2D eigenvalue weighted by Gasteiger charge is 2.28. The monoisotopic (exact) mass is 501 g/mol. The largest absolute Gasteiger partial charge is 0.444 e. The molecular formula is C26H27N7O2S. The number of carbonyl (C=O) groups excluding carboxylic acids is 1. The van der Waals surface area contributed by atoms with E-state index in [0.717, 1.165) is 39.4 Å². The molecule has 4 aromatic rings. The first kappa shape index (κ1) is 23.9. The zero-order chi connectivity index (χ0) is 25.3. The van der Waals surface area contributed by atoms with E-state index in [2.05, 4.69) is 27.3 Å². The van der Waals surface area contributed by atoms with Gasteiger partial charge in [-0.15, -0.1) is 0 Å². The summed E-state index contributed by atoms with van der Waals surface area (Å²) in [7, 11) is 0. The lowest BCUT2D eigenvalue weighted by atomic mass is 10.1. The fourth-order valence-electron chi connectivity index (χ4n) is 4.25. The molecule has 5 heterocycles. The normalized spacial score (nSPS) is 14.7. The first-order valence-electron chi connectivity index (χ1n) is 11.8. The van der Waals surface area contributed by atoms with Crippen molar-refractivity contribution in [2.24, 2.45) is 0 Å². The van der Waals surface area contributed by atoms with Gasteiger partial charge in [0, 0.05) is 47.7 Å². The maximum atomic E-state index is 12.4. The minimum atomic E-state index is -0.498. The summed E-state index contributed by atoms with van der Waals surface area (Å²) in [6, 6.07) is 10.3. The molecule has 1 aliphatic rings. The van der Waals surface area contributed by atoms with Crippen LogP contribution in [0.4, 0.5) is 4.79 Å². The molecule has 0 radical (unpaired) electrons. The minimum absolute atomic E-state index is 0.207. The van der Waals surface area contributed by atoms with Crippen LogP contribution in [0.5, 0.6) is 0 Å². The number of piperidine rings is 1. The predicted octanol–water partition coefficient (Wildman–Crippen LogP) is 5.19. The minimum Gasteiger partial charge on any atom is -0.444 e. The van der Waals surface area contributed by atoms with Gasteiger partial charge in [0.1, 0.15) is 16.7 Å². The van der Waals surface area contributed by atoms with E-state index in [4.69, 9.17) is 4.74 Å². The number of ether oxygens (including phenoxy) is 1. The van der Waals surface area contributed by atoms with E-state index in [1.54, 1.807) is 21.8 Å². The van der Waals surface area contributed by atoms with Crippen molar-refractivity contribution in [3.63, 3.8) is 0 Å². The second-order valence-corrected chi connectivity index (χ2v) is 10.8. The Morgan fingerprint density at radius 3 is 2.64 bits per heavy atom. The highest BCUT2D eigenvalue weighted by atomic mass is 32.2. The number of aromatic nitrogens is 5. The summed E-state index contributed by atoms with van der Waals surface area (Å²) in [6.07, 6.45) is 10.5. The predicted molar refractivity (Wildman–Crippen MR) is 136 cm³/mol. The fraction of sp³-hybridized carbons (Fsp3) is 0.346. The first-order chi connectivity index (χ1) is 17.3. The van der Waals surface area contributed by atoms with Gasteiger partial charge in [-0.2, -0.15) is 15.5 Å². The van der Waals surface area contributed by atoms with Gasteiger partial charge >= 0.3 is 6.09 Å². The van der Waals surface area contributed by atoms with Crippen molar-refractivity contribution in [2.45, 2.75) is 55.2 Å². The van der Waals surface area contributed by atoms with Crippen molar-refractivity contribution in [1.82, 2.24) is 29.3 Å². The standard InChI is InChI=1S/C26H27N7O2S/c1-26(2,3)35-25(34)31-10-7-21(8-11-31)32-17-20(15-29-32)18-12-22(36-23-6-4-5-9-28-23)24-19(13-27)14-30-33(24)16-18/h4-6,9,12,14-17,21H,7-8,10-11H2,1-3H3. The van der Waals surface area contributed by atoms with Gasteiger partial charge < -0.3 is 9.64 Å². The molecule has 10 heteroatoms. The molecule has 5 rings (SSSR count). The second kappa shape index (κ2) is 9.66. The molecule has 1 aliphatic heterocycles. The Kier molecular flexibility index (Phi) is 6.41. The quantitative estimate of drug-likeness (QED) is 0.379. The van der Waals surface area contributed by atoms with Crippen molar-refractivity contribution in [3.8, 4) is 17.2 Å². The molecule has 0 aromatic carbocycles. The third-order valence-corrected chi connectivity index (χ3v) is 6.96. The number of rotatable bonds is 4. The first-order valence-corrected chi connectivity index (χ1v) is 12.7. The van der Waals surface area contributed by atoms with Gasteiger partial charge in [-0.25, -0.2) is 14.3 Å². The molecule has 1 fully saturated rings. The lowest BCUT2D eigenvalue weighted by Gasteiger charge is -2.33. The summed E-state index contributed by atoms with van der Waals surface area (Å²) < 4.78 is 9.24. The summed E-state index contributed by atoms with van der Waals surface area (Å²) in [5.41, 5.74) is 2.70. The molecule has 184 valence electrons. The number of pyridine rings is 2. The summed E-state index contributed by atoms with van der Waals surface area (Å²) in [6.45, 7) is 6.91. The third-order valence-electron chi connectivity index (χ3n) is 5.97. The second-order valence-electron chi connectivity index (χ2n) is 9.73. The van der Waals surface area contributed by atoms with E-state index in [9.17, 15) is 10.1 Å². The van der Waals surface area contributed by atoms with Crippen LogP contribution in [0.3, 0.4) is 0 Å². The Hall–Kier alpha value is -3.84. The van der Waals surface area contributed by atoms with Gasteiger partial charge in [-0.3, -0.25) is 4.68 Å². The van der Waals surface area contributed by atoms with Crippen molar-refractivity contribution >= 4 is 23.4 Å². The molecule has 4 aromatic heterocycles. The van der Waals surface area contributed by atoms with Gasteiger partial charge in [0.15, 0.2) is 0 Å². The maximum absolute atomic E-state index is 12.4. The number of nitrogens with zero attached hydrogens (tertiary/aromatic N) is 7. The number of nitriles is 1. The van der Waals surface area contributed by atoms with Gasteiger partial charge in [-0.05, 0) is 51.8 Å². The molecule has 0 atom stereocenters. The summed E-state index contributed by atoms with van der Waals surface area (Å²) in [4.78, 5) is 19.5. The lowest BCUT2D eigenvalue weighted by Crippen LogP contribution is -2.42. The molecular weight excluding hydrogens is 474 g/mol. The topological polar surface area (TPSA) is 101 Å². The van der Waals surface area contributed by atoms with Crippen LogP contribution in [0.15, 0.2) is 65.2 Å². The van der Waals surface area contributed by atoms with Gasteiger partial charge in [0.2, 0.25) is 0 Å². The number of likely N-dealkylation sites (tertiary alicyclic amines) is 1. The molecule has 0 unspecified atom stereocenters. The Bertz CT molecular complexity index is 1420. The van der Waals surface area contributed by atoms with Crippen LogP contribution in [-0.2, 0) is 4.74 Å². The van der Waals surface area contributed by atoms with Crippen LogP contribution in [0.1, 0.15) is 45.2 Å². The summed E-state index contributed by atoms with van der Waals surface area (Å²) in [5.74, 6) is 0. The molecule has 1 amide bonds. The third kappa shape index (κ3) is 5.06.